The molecule has 0 unspecified atom stereocenters. The third-order valence-electron chi connectivity index (χ3n) is 6.97. The number of nitrogens with one attached hydrogen (secondary N) is 1. The van der Waals surface area contributed by atoms with Gasteiger partial charge in [-0.2, -0.15) is 8.42 Å². The standard InChI is InChI=1S/C31H38N4O9S/c1-5-42-31(38)35-14-12-34(13-15-35)30(37)23-18-24(33-45(39,40)28-11-10-22(20-32-28)21(2)3)29(27(19-23)43-17-16-36)44-26-9-7-6-8-25(26)41-4/h6-11,18-21,33,36H,5,12-17H2,1-4H3. The monoisotopic (exact) mass is 642 g/mol. The Labute approximate surface area is 262 Å². The highest BCUT2D eigenvalue weighted by Gasteiger charge is 2.29. The highest BCUT2D eigenvalue weighted by molar-refractivity contribution is 7.92. The highest BCUT2D eigenvalue weighted by atomic mass is 32.2. The molecule has 2 heterocycles. The molecule has 2 N–H and O–H groups in total. The molecule has 0 atom stereocenters. The topological polar surface area (TPSA) is 157 Å². The number of carbonyl (C=O) groups is 2. The average Bonchev–Trinajstić information content (AvgIpc) is 3.04. The molecule has 13 nitrogen and oxygen atoms in total. The number of pyridine rings is 1. The summed E-state index contributed by atoms with van der Waals surface area (Å²) in [5, 5.41) is 9.29. The number of rotatable bonds is 12. The van der Waals surface area contributed by atoms with Crippen LogP contribution >= 0.6 is 0 Å². The first-order valence-electron chi connectivity index (χ1n) is 14.5. The smallest absolute Gasteiger partial charge is 0.409 e. The number of hydrogen-bond donors (Lipinski definition) is 2. The van der Waals surface area contributed by atoms with Crippen molar-refractivity contribution in [2.24, 2.45) is 0 Å². The second kappa shape index (κ2) is 14.9. The zero-order chi connectivity index (χ0) is 32.6. The first kappa shape index (κ1) is 33.3. The minimum absolute atomic E-state index is 0.00628. The highest BCUT2D eigenvalue weighted by Crippen LogP contribution is 2.43. The Kier molecular flexibility index (Phi) is 11.1. The molecular formula is C31H38N4O9S. The first-order chi connectivity index (χ1) is 21.6. The van der Waals surface area contributed by atoms with Crippen LogP contribution in [0.4, 0.5) is 10.5 Å². The summed E-state index contributed by atoms with van der Waals surface area (Å²) in [4.78, 5) is 33.1. The third-order valence-corrected chi connectivity index (χ3v) is 8.25. The van der Waals surface area contributed by atoms with Crippen LogP contribution in [0.1, 0.15) is 42.6 Å². The molecule has 0 aliphatic carbocycles. The summed E-state index contributed by atoms with van der Waals surface area (Å²) in [7, 11) is -2.81. The SMILES string of the molecule is CCOC(=O)N1CCN(C(=O)c2cc(NS(=O)(=O)c3ccc(C(C)C)cn3)c(Oc3ccccc3OC)c(OCCO)c2)CC1. The Morgan fingerprint density at radius 3 is 2.29 bits per heavy atom. The minimum Gasteiger partial charge on any atom is -0.493 e. The van der Waals surface area contributed by atoms with Gasteiger partial charge in [0.25, 0.3) is 15.9 Å². The van der Waals surface area contributed by atoms with Crippen molar-refractivity contribution in [2.45, 2.75) is 31.7 Å². The lowest BCUT2D eigenvalue weighted by atomic mass is 10.1. The lowest BCUT2D eigenvalue weighted by molar-refractivity contribution is 0.0570. The number of benzene rings is 2. The second-order valence-electron chi connectivity index (χ2n) is 10.3. The van der Waals surface area contributed by atoms with Gasteiger partial charge in [-0.3, -0.25) is 9.52 Å². The number of sulfonamides is 1. The molecule has 3 aromatic rings. The molecule has 1 aliphatic heterocycles. The maximum absolute atomic E-state index is 13.7. The van der Waals surface area contributed by atoms with E-state index in [0.717, 1.165) is 5.56 Å². The number of para-hydroxylation sites is 2. The van der Waals surface area contributed by atoms with Crippen LogP contribution in [0.25, 0.3) is 0 Å². The number of nitrogens with zero attached hydrogens (tertiary/aromatic N) is 3. The van der Waals surface area contributed by atoms with Crippen LogP contribution in [0.3, 0.4) is 0 Å². The molecule has 1 saturated heterocycles. The summed E-state index contributed by atoms with van der Waals surface area (Å²) in [5.74, 6) is 0.297. The fourth-order valence-electron chi connectivity index (χ4n) is 4.56. The molecule has 0 spiro atoms. The molecule has 1 aliphatic rings. The van der Waals surface area contributed by atoms with Gasteiger partial charge >= 0.3 is 6.09 Å². The Balaban J connectivity index is 1.75. The van der Waals surface area contributed by atoms with E-state index in [1.165, 1.54) is 36.4 Å². The Hall–Kier alpha value is -4.56. The minimum atomic E-state index is -4.27. The van der Waals surface area contributed by atoms with Crippen molar-refractivity contribution in [3.63, 3.8) is 0 Å². The van der Waals surface area contributed by atoms with E-state index < -0.39 is 22.0 Å². The molecular weight excluding hydrogens is 604 g/mol. The van der Waals surface area contributed by atoms with Crippen LogP contribution in [-0.4, -0.2) is 93.4 Å². The number of ether oxygens (including phenoxy) is 4. The van der Waals surface area contributed by atoms with Gasteiger partial charge in [0.15, 0.2) is 28.0 Å². The zero-order valence-corrected chi connectivity index (χ0v) is 26.5. The molecule has 4 rings (SSSR count). The molecule has 242 valence electrons. The van der Waals surface area contributed by atoms with E-state index in [1.54, 1.807) is 42.2 Å². The zero-order valence-electron chi connectivity index (χ0n) is 25.7. The van der Waals surface area contributed by atoms with Gasteiger partial charge in [-0.25, -0.2) is 9.78 Å². The largest absolute Gasteiger partial charge is 0.493 e. The fraction of sp³-hybridized carbons (Fsp3) is 0.387. The summed E-state index contributed by atoms with van der Waals surface area (Å²) < 4.78 is 52.1. The van der Waals surface area contributed by atoms with Crippen LogP contribution in [0, 0.1) is 0 Å². The molecule has 2 amide bonds. The number of piperazine rings is 1. The van der Waals surface area contributed by atoms with Crippen LogP contribution in [0.2, 0.25) is 0 Å². The van der Waals surface area contributed by atoms with E-state index in [-0.39, 0.29) is 85.4 Å². The first-order valence-corrected chi connectivity index (χ1v) is 16.0. The van der Waals surface area contributed by atoms with E-state index in [4.69, 9.17) is 18.9 Å². The number of methoxy groups -OCH3 is 1. The normalized spacial score (nSPS) is 13.4. The summed E-state index contributed by atoms with van der Waals surface area (Å²) in [6, 6.07) is 12.6. The number of aliphatic hydroxyl groups excluding tert-OH is 1. The average molecular weight is 643 g/mol. The van der Waals surface area contributed by atoms with Gasteiger partial charge < -0.3 is 33.9 Å². The summed E-state index contributed by atoms with van der Waals surface area (Å²) in [6.07, 6.45) is 1.05. The fourth-order valence-corrected chi connectivity index (χ4v) is 5.55. The van der Waals surface area contributed by atoms with Gasteiger partial charge in [-0.15, -0.1) is 0 Å². The molecule has 2 aromatic carbocycles. The van der Waals surface area contributed by atoms with Crippen molar-refractivity contribution in [2.75, 3.05) is 57.8 Å². The van der Waals surface area contributed by atoms with Gasteiger partial charge in [0.05, 0.1) is 26.0 Å². The van der Waals surface area contributed by atoms with Crippen molar-refractivity contribution in [1.82, 2.24) is 14.8 Å². The molecule has 0 radical (unpaired) electrons. The van der Waals surface area contributed by atoms with Crippen LogP contribution in [-0.2, 0) is 14.8 Å². The number of amides is 2. The number of carbonyl (C=O) groups excluding carboxylic acids is 2. The quantitative estimate of drug-likeness (QED) is 0.295. The summed E-state index contributed by atoms with van der Waals surface area (Å²) in [5.41, 5.74) is 0.866. The molecule has 1 fully saturated rings. The number of aromatic nitrogens is 1. The third kappa shape index (κ3) is 8.13. The van der Waals surface area contributed by atoms with Crippen molar-refractivity contribution in [3.8, 4) is 23.0 Å². The van der Waals surface area contributed by atoms with E-state index in [0.29, 0.717) is 5.75 Å². The van der Waals surface area contributed by atoms with Crippen LogP contribution < -0.4 is 18.9 Å². The second-order valence-corrected chi connectivity index (χ2v) is 12.0. The van der Waals surface area contributed by atoms with E-state index in [9.17, 15) is 23.1 Å². The Bertz CT molecular complexity index is 1590. The molecule has 0 saturated carbocycles. The maximum Gasteiger partial charge on any atom is 0.409 e. The molecule has 14 heteroatoms. The predicted molar refractivity (Wildman–Crippen MR) is 166 cm³/mol. The van der Waals surface area contributed by atoms with Gasteiger partial charge in [-0.1, -0.05) is 32.0 Å². The van der Waals surface area contributed by atoms with Crippen LogP contribution in [0.15, 0.2) is 59.8 Å². The number of anilines is 1. The van der Waals surface area contributed by atoms with E-state index in [2.05, 4.69) is 9.71 Å². The van der Waals surface area contributed by atoms with E-state index in [1.807, 2.05) is 13.8 Å². The lowest BCUT2D eigenvalue weighted by Crippen LogP contribution is -2.50. The van der Waals surface area contributed by atoms with Gasteiger partial charge in [0, 0.05) is 37.9 Å². The summed E-state index contributed by atoms with van der Waals surface area (Å²) >= 11 is 0. The lowest BCUT2D eigenvalue weighted by Gasteiger charge is -2.34. The summed E-state index contributed by atoms with van der Waals surface area (Å²) in [6.45, 7) is 6.39. The van der Waals surface area contributed by atoms with Crippen molar-refractivity contribution in [3.05, 3.63) is 65.9 Å². The van der Waals surface area contributed by atoms with Crippen molar-refractivity contribution in [1.29, 1.82) is 0 Å². The maximum atomic E-state index is 13.7. The van der Waals surface area contributed by atoms with Crippen LogP contribution in [0.5, 0.6) is 23.0 Å². The van der Waals surface area contributed by atoms with Crippen molar-refractivity contribution < 1.29 is 42.1 Å². The van der Waals surface area contributed by atoms with Gasteiger partial charge in [-0.05, 0) is 48.7 Å². The van der Waals surface area contributed by atoms with E-state index >= 15 is 0 Å². The molecule has 1 aromatic heterocycles. The van der Waals surface area contributed by atoms with Gasteiger partial charge in [0.1, 0.15) is 6.61 Å². The number of hydrogen-bond acceptors (Lipinski definition) is 10. The number of aliphatic hydroxyl groups is 1. The van der Waals surface area contributed by atoms with Gasteiger partial charge in [0.2, 0.25) is 0 Å². The molecule has 0 bridgehead atoms. The predicted octanol–water partition coefficient (Wildman–Crippen LogP) is 4.09. The Morgan fingerprint density at radius 1 is 1.00 bits per heavy atom. The Morgan fingerprint density at radius 2 is 1.69 bits per heavy atom. The van der Waals surface area contributed by atoms with Crippen molar-refractivity contribution >= 4 is 27.7 Å². The molecule has 45 heavy (non-hydrogen) atoms.